The van der Waals surface area contributed by atoms with E-state index in [9.17, 15) is 14.4 Å². The van der Waals surface area contributed by atoms with Crippen LogP contribution in [0.1, 0.15) is 85.2 Å². The Morgan fingerprint density at radius 2 is 1.74 bits per heavy atom. The van der Waals surface area contributed by atoms with Crippen LogP contribution in [-0.2, 0) is 4.79 Å². The third-order valence-corrected chi connectivity index (χ3v) is 7.56. The third kappa shape index (κ3) is 5.56. The summed E-state index contributed by atoms with van der Waals surface area (Å²) in [5, 5.41) is 6.23. The van der Waals surface area contributed by atoms with Gasteiger partial charge in [0, 0.05) is 35.3 Å². The number of ether oxygens (including phenoxy) is 1. The number of carbonyl (C=O) groups is 3. The molecule has 2 heterocycles. The summed E-state index contributed by atoms with van der Waals surface area (Å²) in [5.41, 5.74) is 4.23. The molecule has 0 atom stereocenters. The lowest BCUT2D eigenvalue weighted by Gasteiger charge is -2.29. The molecule has 2 aliphatic carbocycles. The number of aromatic nitrogens is 3. The first-order chi connectivity index (χ1) is 18.3. The van der Waals surface area contributed by atoms with Gasteiger partial charge in [0.25, 0.3) is 5.91 Å². The summed E-state index contributed by atoms with van der Waals surface area (Å²) >= 11 is 0. The van der Waals surface area contributed by atoms with Gasteiger partial charge >= 0.3 is 0 Å². The Morgan fingerprint density at radius 3 is 2.39 bits per heavy atom. The van der Waals surface area contributed by atoms with Crippen molar-refractivity contribution in [3.05, 3.63) is 41.3 Å². The van der Waals surface area contributed by atoms with Crippen molar-refractivity contribution in [2.45, 2.75) is 77.8 Å². The van der Waals surface area contributed by atoms with Crippen LogP contribution in [0, 0.1) is 12.8 Å². The number of hydrogen-bond donors (Lipinski definition) is 3. The number of nitrogens with zero attached hydrogens (tertiary/aromatic N) is 2. The topological polar surface area (TPSA) is 126 Å². The highest BCUT2D eigenvalue weighted by atomic mass is 16.5. The van der Waals surface area contributed by atoms with Gasteiger partial charge < -0.3 is 20.4 Å². The van der Waals surface area contributed by atoms with Crippen molar-refractivity contribution in [2.24, 2.45) is 5.92 Å². The van der Waals surface area contributed by atoms with E-state index in [4.69, 9.17) is 4.74 Å². The molecule has 2 amide bonds. The van der Waals surface area contributed by atoms with Crippen LogP contribution in [0.4, 0.5) is 0 Å². The highest BCUT2D eigenvalue weighted by Crippen LogP contribution is 2.37. The fraction of sp³-hybridized carbons (Fsp3) is 0.483. The summed E-state index contributed by atoms with van der Waals surface area (Å²) in [7, 11) is 0. The van der Waals surface area contributed by atoms with Crippen LogP contribution in [0.25, 0.3) is 22.3 Å². The molecule has 5 rings (SSSR count). The predicted molar refractivity (Wildman–Crippen MR) is 144 cm³/mol. The monoisotopic (exact) mass is 517 g/mol. The molecule has 2 saturated carbocycles. The maximum absolute atomic E-state index is 13.4. The molecule has 9 nitrogen and oxygen atoms in total. The number of rotatable bonds is 9. The average Bonchev–Trinajstić information content (AvgIpc) is 3.67. The second-order valence-corrected chi connectivity index (χ2v) is 10.5. The minimum absolute atomic E-state index is 0.0395. The molecule has 2 aromatic heterocycles. The normalized spacial score (nSPS) is 19.2. The van der Waals surface area contributed by atoms with E-state index in [0.29, 0.717) is 63.8 Å². The Bertz CT molecular complexity index is 1370. The zero-order chi connectivity index (χ0) is 26.8. The molecule has 0 unspecified atom stereocenters. The summed E-state index contributed by atoms with van der Waals surface area (Å²) in [6.07, 6.45) is 7.56. The fourth-order valence-corrected chi connectivity index (χ4v) is 5.12. The van der Waals surface area contributed by atoms with Crippen molar-refractivity contribution in [1.29, 1.82) is 0 Å². The second-order valence-electron chi connectivity index (χ2n) is 10.5. The molecule has 0 bridgehead atoms. The highest BCUT2D eigenvalue weighted by molar-refractivity contribution is 6.09. The quantitative estimate of drug-likeness (QED) is 0.359. The van der Waals surface area contributed by atoms with Gasteiger partial charge in [-0.05, 0) is 76.5 Å². The van der Waals surface area contributed by atoms with Gasteiger partial charge in [-0.15, -0.1) is 0 Å². The van der Waals surface area contributed by atoms with Crippen LogP contribution < -0.4 is 15.4 Å². The van der Waals surface area contributed by atoms with Crippen molar-refractivity contribution in [3.63, 3.8) is 0 Å². The summed E-state index contributed by atoms with van der Waals surface area (Å²) in [6, 6.07) is 5.61. The van der Waals surface area contributed by atoms with Gasteiger partial charge in [0.15, 0.2) is 5.78 Å². The van der Waals surface area contributed by atoms with Crippen LogP contribution in [0.3, 0.4) is 0 Å². The number of benzene rings is 1. The Labute approximate surface area is 222 Å². The highest BCUT2D eigenvalue weighted by Gasteiger charge is 2.27. The van der Waals surface area contributed by atoms with E-state index in [1.165, 1.54) is 26.1 Å². The van der Waals surface area contributed by atoms with Crippen LogP contribution in [0.2, 0.25) is 0 Å². The number of aryl methyl sites for hydroxylation is 1. The molecule has 0 radical (unpaired) electrons. The molecule has 3 N–H and O–H groups in total. The van der Waals surface area contributed by atoms with E-state index in [1.54, 1.807) is 12.1 Å². The van der Waals surface area contributed by atoms with Crippen molar-refractivity contribution < 1.29 is 19.1 Å². The van der Waals surface area contributed by atoms with Gasteiger partial charge in [0.2, 0.25) is 5.91 Å². The lowest BCUT2D eigenvalue weighted by Crippen LogP contribution is -2.43. The van der Waals surface area contributed by atoms with Crippen molar-refractivity contribution in [3.8, 4) is 17.0 Å². The molecule has 9 heteroatoms. The van der Waals surface area contributed by atoms with Gasteiger partial charge in [0.1, 0.15) is 23.3 Å². The van der Waals surface area contributed by atoms with Crippen LogP contribution in [0.5, 0.6) is 5.75 Å². The molecule has 0 aliphatic heterocycles. The van der Waals surface area contributed by atoms with E-state index in [-0.39, 0.29) is 29.7 Å². The number of hydrogen-bond acceptors (Lipinski definition) is 6. The van der Waals surface area contributed by atoms with E-state index < -0.39 is 0 Å². The van der Waals surface area contributed by atoms with E-state index in [0.717, 1.165) is 25.7 Å². The van der Waals surface area contributed by atoms with E-state index in [2.05, 4.69) is 25.6 Å². The lowest BCUT2D eigenvalue weighted by molar-refractivity contribution is -0.121. The summed E-state index contributed by atoms with van der Waals surface area (Å²) in [4.78, 5) is 49.6. The number of aromatic amines is 1. The molecular weight excluding hydrogens is 482 g/mol. The SMILES string of the molecule is CCC(=O)N[C@H]1CC[C@H](NC(=O)c2c(C)[nH]c3c(-c4cc(C(C)=O)ccc4OCC4CC4)ncnc23)CC1. The molecule has 2 aliphatic rings. The zero-order valence-electron chi connectivity index (χ0n) is 22.2. The van der Waals surface area contributed by atoms with Gasteiger partial charge in [-0.3, -0.25) is 14.4 Å². The summed E-state index contributed by atoms with van der Waals surface area (Å²) < 4.78 is 6.13. The molecule has 38 heavy (non-hydrogen) atoms. The Balaban J connectivity index is 1.40. The number of amides is 2. The molecule has 200 valence electrons. The Hall–Kier alpha value is -3.75. The minimum atomic E-state index is -0.179. The van der Waals surface area contributed by atoms with Crippen LogP contribution in [-0.4, -0.2) is 51.2 Å². The second kappa shape index (κ2) is 10.9. The first-order valence-corrected chi connectivity index (χ1v) is 13.6. The average molecular weight is 518 g/mol. The maximum Gasteiger partial charge on any atom is 0.255 e. The zero-order valence-corrected chi connectivity index (χ0v) is 22.2. The minimum Gasteiger partial charge on any atom is -0.493 e. The number of carbonyl (C=O) groups excluding carboxylic acids is 3. The van der Waals surface area contributed by atoms with Crippen LogP contribution in [0.15, 0.2) is 24.5 Å². The molecule has 1 aromatic carbocycles. The van der Waals surface area contributed by atoms with Gasteiger partial charge in [-0.2, -0.15) is 0 Å². The summed E-state index contributed by atoms with van der Waals surface area (Å²) in [6.45, 7) is 5.87. The molecule has 2 fully saturated rings. The Morgan fingerprint density at radius 1 is 1.03 bits per heavy atom. The number of ketones is 1. The third-order valence-electron chi connectivity index (χ3n) is 7.56. The number of nitrogens with one attached hydrogen (secondary N) is 3. The van der Waals surface area contributed by atoms with Crippen molar-refractivity contribution >= 4 is 28.6 Å². The van der Waals surface area contributed by atoms with Gasteiger partial charge in [-0.1, -0.05) is 6.92 Å². The van der Waals surface area contributed by atoms with E-state index in [1.807, 2.05) is 19.9 Å². The molecule has 3 aromatic rings. The number of fused-ring (bicyclic) bond motifs is 1. The molecule has 0 spiro atoms. The number of H-pyrrole nitrogens is 1. The molecule has 0 saturated heterocycles. The first-order valence-electron chi connectivity index (χ1n) is 13.6. The maximum atomic E-state index is 13.4. The smallest absolute Gasteiger partial charge is 0.255 e. The van der Waals surface area contributed by atoms with Gasteiger partial charge in [0.05, 0.1) is 17.7 Å². The predicted octanol–water partition coefficient (Wildman–Crippen LogP) is 4.49. The van der Waals surface area contributed by atoms with E-state index >= 15 is 0 Å². The molecular formula is C29H35N5O4. The van der Waals surface area contributed by atoms with Crippen molar-refractivity contribution in [2.75, 3.05) is 6.61 Å². The largest absolute Gasteiger partial charge is 0.493 e. The fourth-order valence-electron chi connectivity index (χ4n) is 5.12. The number of Topliss-reactive ketones (excluding diaryl/α,β-unsaturated/α-hetero) is 1. The lowest BCUT2D eigenvalue weighted by atomic mass is 9.91. The van der Waals surface area contributed by atoms with Gasteiger partial charge in [-0.25, -0.2) is 9.97 Å². The Kier molecular flexibility index (Phi) is 7.44. The van der Waals surface area contributed by atoms with Crippen molar-refractivity contribution in [1.82, 2.24) is 25.6 Å². The van der Waals surface area contributed by atoms with Crippen LogP contribution >= 0.6 is 0 Å². The summed E-state index contributed by atoms with van der Waals surface area (Å²) in [5.74, 6) is 1.07. The first kappa shape index (κ1) is 25.9. The standard InChI is InChI=1S/C29H35N5O4/c1-4-24(36)33-20-8-10-21(11-9-20)34-29(37)25-16(2)32-28-26(30-15-31-27(25)28)22-13-19(17(3)35)7-12-23(22)38-14-18-5-6-18/h7,12-13,15,18,20-21,32H,4-6,8-11,14H2,1-3H3,(H,33,36)(H,34,37)/t20-,21-.